The molecule has 32 heavy (non-hydrogen) atoms. The Balaban J connectivity index is 1.36. The first-order valence-electron chi connectivity index (χ1n) is 10.2. The lowest BCUT2D eigenvalue weighted by atomic mass is 10.1. The number of fused-ring (bicyclic) bond motifs is 1. The van der Waals surface area contributed by atoms with Crippen molar-refractivity contribution in [2.45, 2.75) is 19.6 Å². The number of halogens is 2. The number of benzene rings is 3. The van der Waals surface area contributed by atoms with Crippen molar-refractivity contribution in [3.63, 3.8) is 0 Å². The van der Waals surface area contributed by atoms with Crippen molar-refractivity contribution in [1.29, 1.82) is 0 Å². The molecule has 0 radical (unpaired) electrons. The van der Waals surface area contributed by atoms with Crippen LogP contribution in [-0.4, -0.2) is 21.8 Å². The highest BCUT2D eigenvalue weighted by Crippen LogP contribution is 2.32. The van der Waals surface area contributed by atoms with Crippen molar-refractivity contribution in [2.75, 3.05) is 6.79 Å². The quantitative estimate of drug-likeness (QED) is 0.399. The van der Waals surface area contributed by atoms with Gasteiger partial charge in [-0.2, -0.15) is 15.0 Å². The van der Waals surface area contributed by atoms with E-state index in [-0.39, 0.29) is 6.79 Å². The second-order valence-electron chi connectivity index (χ2n) is 7.38. The molecule has 0 unspecified atom stereocenters. The van der Waals surface area contributed by atoms with Crippen LogP contribution >= 0.6 is 23.2 Å². The molecule has 0 aliphatic carbocycles. The van der Waals surface area contributed by atoms with Gasteiger partial charge in [0.1, 0.15) is 11.4 Å². The second kappa shape index (κ2) is 9.20. The lowest BCUT2D eigenvalue weighted by Gasteiger charge is -2.06. The molecule has 0 fully saturated rings. The van der Waals surface area contributed by atoms with E-state index in [1.54, 1.807) is 4.80 Å². The summed E-state index contributed by atoms with van der Waals surface area (Å²) < 4.78 is 10.8. The summed E-state index contributed by atoms with van der Waals surface area (Å²) in [6.07, 6.45) is 0. The van der Waals surface area contributed by atoms with Gasteiger partial charge >= 0.3 is 0 Å². The van der Waals surface area contributed by atoms with Gasteiger partial charge in [-0.1, -0.05) is 65.7 Å². The molecule has 0 saturated carbocycles. The standard InChI is InChI=1S/C24H20Cl2N4O2/c25-19-7-4-8-20(26)18(19)14-30-28-21(24(29-30)17-5-2-1-3-6-17)13-27-12-16-9-10-22-23(11-16)32-15-31-22/h1-11,27H,12-15H2. The molecule has 3 aromatic carbocycles. The van der Waals surface area contributed by atoms with Crippen LogP contribution in [0.4, 0.5) is 0 Å². The SMILES string of the molecule is Clc1cccc(Cl)c1Cn1nc(CNCc2ccc3c(c2)OCO3)c(-c2ccccc2)n1. The first-order chi connectivity index (χ1) is 15.7. The highest BCUT2D eigenvalue weighted by Gasteiger charge is 2.16. The third kappa shape index (κ3) is 4.43. The largest absolute Gasteiger partial charge is 0.454 e. The monoisotopic (exact) mass is 466 g/mol. The normalized spacial score (nSPS) is 12.3. The number of nitrogens with zero attached hydrogens (tertiary/aromatic N) is 3. The van der Waals surface area contributed by atoms with Gasteiger partial charge in [-0.3, -0.25) is 0 Å². The van der Waals surface area contributed by atoms with E-state index in [9.17, 15) is 0 Å². The minimum absolute atomic E-state index is 0.269. The van der Waals surface area contributed by atoms with Crippen molar-refractivity contribution >= 4 is 23.2 Å². The molecular formula is C24H20Cl2N4O2. The summed E-state index contributed by atoms with van der Waals surface area (Å²) in [5.74, 6) is 1.55. The van der Waals surface area contributed by atoms with Crippen molar-refractivity contribution in [3.8, 4) is 22.8 Å². The van der Waals surface area contributed by atoms with Gasteiger partial charge < -0.3 is 14.8 Å². The lowest BCUT2D eigenvalue weighted by molar-refractivity contribution is 0.174. The number of nitrogens with one attached hydrogen (secondary N) is 1. The van der Waals surface area contributed by atoms with E-state index >= 15 is 0 Å². The number of hydrogen-bond acceptors (Lipinski definition) is 5. The molecule has 5 rings (SSSR count). The van der Waals surface area contributed by atoms with Crippen molar-refractivity contribution in [1.82, 2.24) is 20.3 Å². The molecule has 162 valence electrons. The topological polar surface area (TPSA) is 61.2 Å². The maximum atomic E-state index is 6.35. The summed E-state index contributed by atoms with van der Waals surface area (Å²) in [5.41, 5.74) is 4.58. The van der Waals surface area contributed by atoms with Crippen LogP contribution in [0.2, 0.25) is 10.0 Å². The molecule has 4 aromatic rings. The van der Waals surface area contributed by atoms with Gasteiger partial charge in [-0.05, 0) is 29.8 Å². The van der Waals surface area contributed by atoms with Crippen LogP contribution in [0.5, 0.6) is 11.5 Å². The maximum Gasteiger partial charge on any atom is 0.231 e. The predicted octanol–water partition coefficient (Wildman–Crippen LogP) is 5.32. The van der Waals surface area contributed by atoms with Crippen LogP contribution in [0.3, 0.4) is 0 Å². The van der Waals surface area contributed by atoms with Gasteiger partial charge in [0.2, 0.25) is 6.79 Å². The van der Waals surface area contributed by atoms with Crippen LogP contribution in [0.25, 0.3) is 11.3 Å². The molecule has 0 saturated heterocycles. The second-order valence-corrected chi connectivity index (χ2v) is 8.20. The zero-order chi connectivity index (χ0) is 21.9. The number of rotatable bonds is 7. The van der Waals surface area contributed by atoms with Gasteiger partial charge in [-0.15, -0.1) is 0 Å². The Hall–Kier alpha value is -3.06. The highest BCUT2D eigenvalue weighted by molar-refractivity contribution is 6.35. The minimum atomic E-state index is 0.269. The smallest absolute Gasteiger partial charge is 0.231 e. The third-order valence-electron chi connectivity index (χ3n) is 5.19. The van der Waals surface area contributed by atoms with Crippen LogP contribution in [0.15, 0.2) is 66.7 Å². The Morgan fingerprint density at radius 3 is 2.44 bits per heavy atom. The van der Waals surface area contributed by atoms with E-state index in [0.29, 0.717) is 29.7 Å². The molecule has 1 aliphatic heterocycles. The summed E-state index contributed by atoms with van der Waals surface area (Å²) in [4.78, 5) is 1.65. The Kier molecular flexibility index (Phi) is 5.99. The zero-order valence-electron chi connectivity index (χ0n) is 17.1. The van der Waals surface area contributed by atoms with Crippen molar-refractivity contribution in [2.24, 2.45) is 0 Å². The Morgan fingerprint density at radius 1 is 0.844 bits per heavy atom. The summed E-state index contributed by atoms with van der Waals surface area (Å²) in [5, 5.41) is 14.1. The number of aromatic nitrogens is 3. The first-order valence-corrected chi connectivity index (χ1v) is 10.9. The molecule has 0 atom stereocenters. The third-order valence-corrected chi connectivity index (χ3v) is 5.90. The summed E-state index contributed by atoms with van der Waals surface area (Å²) in [6.45, 7) is 1.87. The van der Waals surface area contributed by atoms with Crippen molar-refractivity contribution < 1.29 is 9.47 Å². The van der Waals surface area contributed by atoms with Gasteiger partial charge in [-0.25, -0.2) is 0 Å². The van der Waals surface area contributed by atoms with E-state index in [1.165, 1.54) is 0 Å². The molecule has 0 amide bonds. The van der Waals surface area contributed by atoms with E-state index in [4.69, 9.17) is 42.9 Å². The zero-order valence-corrected chi connectivity index (χ0v) is 18.6. The fourth-order valence-corrected chi connectivity index (χ4v) is 4.11. The molecule has 0 bridgehead atoms. The van der Waals surface area contributed by atoms with Gasteiger partial charge in [0.05, 0.1) is 6.54 Å². The molecule has 8 heteroatoms. The van der Waals surface area contributed by atoms with E-state index in [2.05, 4.69) is 5.32 Å². The average molecular weight is 467 g/mol. The Labute approximate surface area is 195 Å². The van der Waals surface area contributed by atoms with Gasteiger partial charge in [0.15, 0.2) is 11.5 Å². The molecule has 1 aromatic heterocycles. The van der Waals surface area contributed by atoms with Crippen LogP contribution in [0.1, 0.15) is 16.8 Å². The first kappa shape index (κ1) is 20.8. The molecular weight excluding hydrogens is 447 g/mol. The Morgan fingerprint density at radius 2 is 1.62 bits per heavy atom. The average Bonchev–Trinajstić information content (AvgIpc) is 3.43. The summed E-state index contributed by atoms with van der Waals surface area (Å²) in [7, 11) is 0. The molecule has 2 heterocycles. The molecule has 0 spiro atoms. The summed E-state index contributed by atoms with van der Waals surface area (Å²) >= 11 is 12.7. The van der Waals surface area contributed by atoms with Crippen LogP contribution in [-0.2, 0) is 19.6 Å². The number of ether oxygens (including phenoxy) is 2. The molecule has 6 nitrogen and oxygen atoms in total. The fraction of sp³-hybridized carbons (Fsp3) is 0.167. The maximum absolute atomic E-state index is 6.35. The predicted molar refractivity (Wildman–Crippen MR) is 124 cm³/mol. The Bertz CT molecular complexity index is 1220. The fourth-order valence-electron chi connectivity index (χ4n) is 3.59. The minimum Gasteiger partial charge on any atom is -0.454 e. The van der Waals surface area contributed by atoms with E-state index in [0.717, 1.165) is 39.6 Å². The van der Waals surface area contributed by atoms with E-state index < -0.39 is 0 Å². The van der Waals surface area contributed by atoms with Crippen molar-refractivity contribution in [3.05, 3.63) is 93.6 Å². The van der Waals surface area contributed by atoms with Gasteiger partial charge in [0, 0.05) is 34.3 Å². The van der Waals surface area contributed by atoms with Crippen LogP contribution in [0, 0.1) is 0 Å². The van der Waals surface area contributed by atoms with E-state index in [1.807, 2.05) is 66.7 Å². The molecule has 1 aliphatic rings. The number of hydrogen-bond donors (Lipinski definition) is 1. The lowest BCUT2D eigenvalue weighted by Crippen LogP contribution is -2.14. The molecule has 1 N–H and O–H groups in total. The van der Waals surface area contributed by atoms with Crippen LogP contribution < -0.4 is 14.8 Å². The summed E-state index contributed by atoms with van der Waals surface area (Å²) in [6, 6.07) is 21.4. The van der Waals surface area contributed by atoms with Gasteiger partial charge in [0.25, 0.3) is 0 Å². The highest BCUT2D eigenvalue weighted by atomic mass is 35.5.